The van der Waals surface area contributed by atoms with E-state index in [2.05, 4.69) is 18.4 Å². The predicted octanol–water partition coefficient (Wildman–Crippen LogP) is -0.285. The number of halogens is 6. The molecule has 0 saturated heterocycles. The SMILES string of the molecule is O=C(COS(=O)C(F)(F)F)OCC(=O)c1ccccc1.O=S([O-])C(F)(F)F.[N-]=[N+]=CC(=O)OCC(=O)c1ccccc1.[Na+]. The number of carbonyl (C=O) groups is 4. The Labute approximate surface area is 265 Å². The summed E-state index contributed by atoms with van der Waals surface area (Å²) in [4.78, 5) is 47.0. The van der Waals surface area contributed by atoms with Gasteiger partial charge >= 0.3 is 58.7 Å². The molecule has 0 heterocycles. The quantitative estimate of drug-likeness (QED) is 0.0475. The van der Waals surface area contributed by atoms with Crippen LogP contribution in [-0.4, -0.2) is 78.3 Å². The van der Waals surface area contributed by atoms with Crippen LogP contribution in [-0.2, 0) is 45.4 Å². The van der Waals surface area contributed by atoms with Crippen LogP contribution < -0.4 is 29.6 Å². The van der Waals surface area contributed by atoms with Crippen molar-refractivity contribution >= 4 is 51.9 Å². The molecule has 0 spiro atoms. The van der Waals surface area contributed by atoms with Crippen molar-refractivity contribution in [1.82, 2.24) is 0 Å². The van der Waals surface area contributed by atoms with Crippen molar-refractivity contribution in [2.75, 3.05) is 19.8 Å². The third kappa shape index (κ3) is 20.4. The smallest absolute Gasteiger partial charge is 0.766 e. The molecule has 43 heavy (non-hydrogen) atoms. The summed E-state index contributed by atoms with van der Waals surface area (Å²) in [6.45, 7) is -2.16. The number of hydrogen-bond acceptors (Lipinski definition) is 10. The molecule has 0 aliphatic rings. The Morgan fingerprint density at radius 2 is 1.16 bits per heavy atom. The molecule has 0 aromatic heterocycles. The van der Waals surface area contributed by atoms with E-state index in [4.69, 9.17) is 14.3 Å². The average molecular weight is 670 g/mol. The molecule has 2 unspecified atom stereocenters. The fourth-order valence-electron chi connectivity index (χ4n) is 1.99. The van der Waals surface area contributed by atoms with Gasteiger partial charge in [0.15, 0.2) is 31.4 Å². The van der Waals surface area contributed by atoms with Crippen molar-refractivity contribution in [2.24, 2.45) is 0 Å². The van der Waals surface area contributed by atoms with E-state index in [1.807, 2.05) is 0 Å². The van der Waals surface area contributed by atoms with Crippen LogP contribution in [0.5, 0.6) is 0 Å². The molecule has 0 aliphatic heterocycles. The molecule has 0 amide bonds. The second-order valence-corrected chi connectivity index (χ2v) is 8.81. The summed E-state index contributed by atoms with van der Waals surface area (Å²) in [6, 6.07) is 16.3. The van der Waals surface area contributed by atoms with Crippen molar-refractivity contribution in [3.8, 4) is 0 Å². The number of hydrogen-bond donors (Lipinski definition) is 0. The van der Waals surface area contributed by atoms with Crippen molar-refractivity contribution in [2.45, 2.75) is 11.0 Å². The molecule has 12 nitrogen and oxygen atoms in total. The number of Topliss-reactive ketones (excluding diaryl/α,β-unsaturated/α-hetero) is 2. The van der Waals surface area contributed by atoms with Gasteiger partial charge in [-0.15, -0.1) is 0 Å². The molecule has 2 atom stereocenters. The van der Waals surface area contributed by atoms with Gasteiger partial charge in [-0.2, -0.15) is 31.1 Å². The van der Waals surface area contributed by atoms with Gasteiger partial charge in [0.1, 0.15) is 0 Å². The zero-order valence-electron chi connectivity index (χ0n) is 21.5. The number of carbonyl (C=O) groups excluding carboxylic acids is 4. The van der Waals surface area contributed by atoms with E-state index >= 15 is 0 Å². The number of benzene rings is 2. The van der Waals surface area contributed by atoms with Gasteiger partial charge in [0, 0.05) is 11.1 Å². The fraction of sp³-hybridized carbons (Fsp3) is 0.227. The molecule has 2 aromatic carbocycles. The number of rotatable bonds is 10. The first-order chi connectivity index (χ1) is 19.5. The summed E-state index contributed by atoms with van der Waals surface area (Å²) >= 11 is -7.53. The van der Waals surface area contributed by atoms with Crippen molar-refractivity contribution in [3.63, 3.8) is 0 Å². The van der Waals surface area contributed by atoms with Crippen LogP contribution in [0.1, 0.15) is 20.7 Å². The Bertz CT molecular complexity index is 1290. The second-order valence-electron chi connectivity index (χ2n) is 6.71. The van der Waals surface area contributed by atoms with Crippen LogP contribution in [0.3, 0.4) is 0 Å². The van der Waals surface area contributed by atoms with E-state index in [0.29, 0.717) is 17.3 Å². The number of alkyl halides is 6. The largest absolute Gasteiger partial charge is 1.00 e. The van der Waals surface area contributed by atoms with E-state index in [1.54, 1.807) is 48.5 Å². The standard InChI is InChI=1S/C11H9F3O5S.C10H8N2O3.CHF3O2S.Na/c12-11(13,14)20(17)19-7-10(16)18-6-9(15)8-4-2-1-3-5-8;11-12-6-10(14)15-7-9(13)8-4-2-1-3-5-8;2-1(3,4)7(5)6;/h1-5H,6-7H2;1-6H,7H2;(H,5,6);/q;;;+1/p-1. The first-order valence-electron chi connectivity index (χ1n) is 10.4. The van der Waals surface area contributed by atoms with Gasteiger partial charge in [-0.3, -0.25) is 18.0 Å². The number of esters is 2. The average Bonchev–Trinajstić information content (AvgIpc) is 2.94. The molecular formula is C22H17F6N2NaO10S2. The van der Waals surface area contributed by atoms with Crippen LogP contribution in [0.25, 0.3) is 5.53 Å². The van der Waals surface area contributed by atoms with Gasteiger partial charge in [-0.1, -0.05) is 60.7 Å². The monoisotopic (exact) mass is 670 g/mol. The topological polar surface area (TPSA) is 190 Å². The summed E-state index contributed by atoms with van der Waals surface area (Å²) in [5, 5.41) is 0. The molecule has 0 radical (unpaired) electrons. The molecule has 21 heteroatoms. The van der Waals surface area contributed by atoms with Crippen LogP contribution in [0.4, 0.5) is 26.3 Å². The van der Waals surface area contributed by atoms with Crippen molar-refractivity contribution < 1.29 is 106 Å². The Kier molecular flexibility index (Phi) is 21.1. The minimum Gasteiger partial charge on any atom is -0.766 e. The van der Waals surface area contributed by atoms with E-state index in [-0.39, 0.29) is 41.9 Å². The summed E-state index contributed by atoms with van der Waals surface area (Å²) in [7, 11) is 0. The van der Waals surface area contributed by atoms with Gasteiger partial charge in [-0.25, -0.2) is 13.8 Å². The molecule has 0 aliphatic carbocycles. The maximum atomic E-state index is 11.8. The van der Waals surface area contributed by atoms with Gasteiger partial charge in [0.25, 0.3) is 11.1 Å². The predicted molar refractivity (Wildman–Crippen MR) is 128 cm³/mol. The molecule has 0 saturated carbocycles. The number of nitrogens with zero attached hydrogens (tertiary/aromatic N) is 2. The van der Waals surface area contributed by atoms with Gasteiger partial charge in [0.2, 0.25) is 0 Å². The molecule has 0 N–H and O–H groups in total. The molecule has 2 aromatic rings. The van der Waals surface area contributed by atoms with E-state index in [9.17, 15) is 49.7 Å². The van der Waals surface area contributed by atoms with E-state index in [0.717, 1.165) is 0 Å². The Morgan fingerprint density at radius 1 is 0.767 bits per heavy atom. The number of ether oxygens (including phenoxy) is 2. The minimum absolute atomic E-state index is 0. The molecular weight excluding hydrogens is 653 g/mol. The van der Waals surface area contributed by atoms with Gasteiger partial charge in [0.05, 0.1) is 11.1 Å². The zero-order valence-corrected chi connectivity index (χ0v) is 25.2. The van der Waals surface area contributed by atoms with E-state index < -0.39 is 64.1 Å². The van der Waals surface area contributed by atoms with Crippen LogP contribution in [0.2, 0.25) is 0 Å². The maximum absolute atomic E-state index is 11.8. The minimum atomic E-state index is -5.08. The van der Waals surface area contributed by atoms with Crippen LogP contribution >= 0.6 is 0 Å². The summed E-state index contributed by atoms with van der Waals surface area (Å²) in [5.74, 6) is -2.90. The molecule has 0 bridgehead atoms. The summed E-state index contributed by atoms with van der Waals surface area (Å²) in [5.41, 5.74) is -1.39. The second kappa shape index (κ2) is 21.6. The Morgan fingerprint density at radius 3 is 1.51 bits per heavy atom. The zero-order chi connectivity index (χ0) is 32.3. The maximum Gasteiger partial charge on any atom is 1.00 e. The molecule has 230 valence electrons. The normalized spacial score (nSPS) is 11.7. The number of ketones is 2. The molecule has 0 fully saturated rings. The Balaban J connectivity index is 0. The van der Waals surface area contributed by atoms with Gasteiger partial charge < -0.3 is 19.6 Å². The molecule has 2 rings (SSSR count). The van der Waals surface area contributed by atoms with Crippen molar-refractivity contribution in [3.05, 3.63) is 77.3 Å². The first kappa shape index (κ1) is 42.0. The third-order valence-electron chi connectivity index (χ3n) is 3.73. The van der Waals surface area contributed by atoms with E-state index in [1.165, 1.54) is 12.1 Å². The van der Waals surface area contributed by atoms with Crippen LogP contribution in [0, 0.1) is 0 Å². The Hall–Kier alpha value is -3.10. The summed E-state index contributed by atoms with van der Waals surface area (Å²) in [6.07, 6.45) is 0.582. The first-order valence-corrected chi connectivity index (χ1v) is 12.6. The summed E-state index contributed by atoms with van der Waals surface area (Å²) < 4.78 is 108. The fourth-order valence-corrected chi connectivity index (χ4v) is 2.33. The van der Waals surface area contributed by atoms with Gasteiger partial charge in [-0.05, 0) is 0 Å². The van der Waals surface area contributed by atoms with Crippen molar-refractivity contribution in [1.29, 1.82) is 0 Å². The third-order valence-corrected chi connectivity index (χ3v) is 4.81. The van der Waals surface area contributed by atoms with Crippen LogP contribution in [0.15, 0.2) is 60.7 Å².